The van der Waals surface area contributed by atoms with Crippen LogP contribution in [0.1, 0.15) is 21.5 Å². The van der Waals surface area contributed by atoms with Gasteiger partial charge < -0.3 is 9.47 Å². The molecular weight excluding hydrogens is 577 g/mol. The van der Waals surface area contributed by atoms with E-state index in [1.807, 2.05) is 0 Å². The van der Waals surface area contributed by atoms with Crippen LogP contribution in [0.25, 0.3) is 6.08 Å². The molecule has 6 nitrogen and oxygen atoms in total. The Balaban J connectivity index is 1.58. The molecule has 0 saturated carbocycles. The number of esters is 1. The zero-order valence-electron chi connectivity index (χ0n) is 18.1. The highest BCUT2D eigenvalue weighted by molar-refractivity contribution is 9.10. The average molecular weight is 593 g/mol. The lowest BCUT2D eigenvalue weighted by atomic mass is 10.1. The van der Waals surface area contributed by atoms with Gasteiger partial charge in [0.1, 0.15) is 11.5 Å². The molecule has 178 valence electrons. The van der Waals surface area contributed by atoms with Gasteiger partial charge in [0.2, 0.25) is 0 Å². The molecule has 0 spiro atoms. The Bertz CT molecular complexity index is 1360. The number of imide groups is 1. The first-order valence-electron chi connectivity index (χ1n) is 10.1. The highest BCUT2D eigenvalue weighted by Crippen LogP contribution is 2.36. The molecular formula is C25H16BrCl2NO5S. The molecule has 0 aromatic heterocycles. The van der Waals surface area contributed by atoms with Crippen LogP contribution in [0.4, 0.5) is 4.79 Å². The lowest BCUT2D eigenvalue weighted by Gasteiger charge is -2.13. The molecule has 35 heavy (non-hydrogen) atoms. The second kappa shape index (κ2) is 10.9. The molecule has 0 radical (unpaired) electrons. The summed E-state index contributed by atoms with van der Waals surface area (Å²) < 4.78 is 11.4. The molecule has 0 bridgehead atoms. The molecule has 3 aromatic carbocycles. The summed E-state index contributed by atoms with van der Waals surface area (Å²) in [6.45, 7) is 0.00973. The van der Waals surface area contributed by atoms with Gasteiger partial charge in [0.25, 0.3) is 11.1 Å². The minimum absolute atomic E-state index is 0.00973. The quantitative estimate of drug-likeness (QED) is 0.171. The highest BCUT2D eigenvalue weighted by Gasteiger charge is 2.35. The summed E-state index contributed by atoms with van der Waals surface area (Å²) in [4.78, 5) is 39.6. The van der Waals surface area contributed by atoms with E-state index in [0.29, 0.717) is 37.0 Å². The Labute approximate surface area is 223 Å². The van der Waals surface area contributed by atoms with E-state index >= 15 is 0 Å². The Hall–Kier alpha value is -2.78. The fourth-order valence-electron chi connectivity index (χ4n) is 3.21. The molecule has 0 unspecified atom stereocenters. The third kappa shape index (κ3) is 5.90. The summed E-state index contributed by atoms with van der Waals surface area (Å²) in [6, 6.07) is 16.4. The molecule has 3 aromatic rings. The minimum Gasteiger partial charge on any atom is -0.497 e. The number of hydrogen-bond acceptors (Lipinski definition) is 6. The predicted octanol–water partition coefficient (Wildman–Crippen LogP) is 7.22. The number of benzene rings is 3. The van der Waals surface area contributed by atoms with E-state index in [1.165, 1.54) is 13.2 Å². The van der Waals surface area contributed by atoms with Crippen LogP contribution in [0.5, 0.6) is 11.5 Å². The number of nitrogens with zero attached hydrogens (tertiary/aromatic N) is 1. The SMILES string of the molecule is COc1ccc(C(=O)Oc2ccc(Br)cc2/C=C2\SC(=O)N(Cc3ccc(Cl)cc3Cl)C2=O)cc1. The Kier molecular flexibility index (Phi) is 7.86. The third-order valence-electron chi connectivity index (χ3n) is 5.00. The summed E-state index contributed by atoms with van der Waals surface area (Å²) >= 11 is 16.3. The van der Waals surface area contributed by atoms with Crippen LogP contribution < -0.4 is 9.47 Å². The van der Waals surface area contributed by atoms with Crippen molar-refractivity contribution < 1.29 is 23.9 Å². The number of thioether (sulfide) groups is 1. The van der Waals surface area contributed by atoms with Crippen molar-refractivity contribution in [2.24, 2.45) is 0 Å². The summed E-state index contributed by atoms with van der Waals surface area (Å²) in [5.74, 6) is -0.198. The van der Waals surface area contributed by atoms with Gasteiger partial charge in [0.05, 0.1) is 24.1 Å². The smallest absolute Gasteiger partial charge is 0.343 e. The second-order valence-electron chi connectivity index (χ2n) is 7.30. The molecule has 1 aliphatic heterocycles. The van der Waals surface area contributed by atoms with Crippen LogP contribution in [0.3, 0.4) is 0 Å². The fraction of sp³-hybridized carbons (Fsp3) is 0.0800. The number of rotatable bonds is 6. The Morgan fingerprint density at radius 2 is 1.80 bits per heavy atom. The first-order valence-corrected chi connectivity index (χ1v) is 12.5. The molecule has 1 fully saturated rings. The van der Waals surface area contributed by atoms with E-state index in [2.05, 4.69) is 15.9 Å². The van der Waals surface area contributed by atoms with Gasteiger partial charge in [-0.05, 0) is 78.0 Å². The van der Waals surface area contributed by atoms with Crippen LogP contribution in [0.15, 0.2) is 70.0 Å². The maximum absolute atomic E-state index is 13.0. The van der Waals surface area contributed by atoms with Crippen molar-refractivity contribution in [3.8, 4) is 11.5 Å². The zero-order valence-corrected chi connectivity index (χ0v) is 22.0. The second-order valence-corrected chi connectivity index (χ2v) is 10.1. The maximum atomic E-state index is 13.0. The van der Waals surface area contributed by atoms with Gasteiger partial charge in [-0.2, -0.15) is 0 Å². The van der Waals surface area contributed by atoms with Crippen molar-refractivity contribution >= 4 is 74.1 Å². The van der Waals surface area contributed by atoms with Gasteiger partial charge in [-0.3, -0.25) is 14.5 Å². The van der Waals surface area contributed by atoms with Gasteiger partial charge in [-0.25, -0.2) is 4.79 Å². The number of carbonyl (C=O) groups excluding carboxylic acids is 3. The van der Waals surface area contributed by atoms with Crippen LogP contribution >= 0.6 is 50.9 Å². The molecule has 0 aliphatic carbocycles. The number of hydrogen-bond donors (Lipinski definition) is 0. The van der Waals surface area contributed by atoms with Gasteiger partial charge >= 0.3 is 5.97 Å². The molecule has 2 amide bonds. The van der Waals surface area contributed by atoms with Crippen molar-refractivity contribution in [1.82, 2.24) is 4.90 Å². The van der Waals surface area contributed by atoms with E-state index < -0.39 is 17.1 Å². The van der Waals surface area contributed by atoms with E-state index in [0.717, 1.165) is 16.7 Å². The van der Waals surface area contributed by atoms with Crippen LogP contribution in [-0.2, 0) is 11.3 Å². The van der Waals surface area contributed by atoms with Crippen molar-refractivity contribution in [3.05, 3.63) is 96.8 Å². The highest BCUT2D eigenvalue weighted by atomic mass is 79.9. The van der Waals surface area contributed by atoms with Gasteiger partial charge in [0.15, 0.2) is 0 Å². The van der Waals surface area contributed by atoms with Crippen LogP contribution in [-0.4, -0.2) is 29.1 Å². The summed E-state index contributed by atoms with van der Waals surface area (Å²) in [5.41, 5.74) is 1.38. The topological polar surface area (TPSA) is 72.9 Å². The van der Waals surface area contributed by atoms with Crippen LogP contribution in [0, 0.1) is 0 Å². The molecule has 1 aliphatic rings. The number of halogens is 3. The zero-order chi connectivity index (χ0) is 25.1. The largest absolute Gasteiger partial charge is 0.497 e. The van der Waals surface area contributed by atoms with Crippen molar-refractivity contribution in [3.63, 3.8) is 0 Å². The lowest BCUT2D eigenvalue weighted by Crippen LogP contribution is -2.27. The first-order chi connectivity index (χ1) is 16.7. The van der Waals surface area contributed by atoms with Crippen molar-refractivity contribution in [1.29, 1.82) is 0 Å². The fourth-order valence-corrected chi connectivity index (χ4v) is 4.88. The minimum atomic E-state index is -0.574. The number of carbonyl (C=O) groups is 3. The molecule has 0 N–H and O–H groups in total. The van der Waals surface area contributed by atoms with E-state index in [1.54, 1.807) is 60.7 Å². The van der Waals surface area contributed by atoms with Crippen molar-refractivity contribution in [2.45, 2.75) is 6.54 Å². The number of amides is 2. The van der Waals surface area contributed by atoms with Gasteiger partial charge in [-0.1, -0.05) is 45.2 Å². The van der Waals surface area contributed by atoms with E-state index in [9.17, 15) is 14.4 Å². The van der Waals surface area contributed by atoms with E-state index in [4.69, 9.17) is 32.7 Å². The third-order valence-corrected chi connectivity index (χ3v) is 6.99. The number of ether oxygens (including phenoxy) is 2. The summed E-state index contributed by atoms with van der Waals surface area (Å²) in [6.07, 6.45) is 1.52. The Morgan fingerprint density at radius 3 is 2.49 bits per heavy atom. The number of methoxy groups -OCH3 is 1. The molecule has 1 heterocycles. The lowest BCUT2D eigenvalue weighted by molar-refractivity contribution is -0.123. The molecule has 0 atom stereocenters. The van der Waals surface area contributed by atoms with Crippen molar-refractivity contribution in [2.75, 3.05) is 7.11 Å². The first kappa shape index (κ1) is 25.3. The summed E-state index contributed by atoms with van der Waals surface area (Å²) in [5, 5.41) is 0.387. The molecule has 4 rings (SSSR count). The monoisotopic (exact) mass is 591 g/mol. The van der Waals surface area contributed by atoms with Gasteiger partial charge in [-0.15, -0.1) is 0 Å². The molecule has 10 heteroatoms. The standard InChI is InChI=1S/C25H16BrCl2NO5S/c1-33-19-7-3-14(4-8-19)24(31)34-21-9-5-17(26)10-16(21)11-22-23(30)29(25(32)35-22)13-15-2-6-18(27)12-20(15)28/h2-12H,13H2,1H3/b22-11-. The van der Waals surface area contributed by atoms with E-state index in [-0.39, 0.29) is 17.2 Å². The maximum Gasteiger partial charge on any atom is 0.343 e. The normalized spacial score (nSPS) is 14.5. The molecule has 1 saturated heterocycles. The predicted molar refractivity (Wildman–Crippen MR) is 140 cm³/mol. The average Bonchev–Trinajstić information content (AvgIpc) is 3.09. The van der Waals surface area contributed by atoms with Crippen LogP contribution in [0.2, 0.25) is 10.0 Å². The summed E-state index contributed by atoms with van der Waals surface area (Å²) in [7, 11) is 1.53. The van der Waals surface area contributed by atoms with Gasteiger partial charge in [0, 0.05) is 20.1 Å². The Morgan fingerprint density at radius 1 is 1.06 bits per heavy atom.